The van der Waals surface area contributed by atoms with Crippen LogP contribution in [0.5, 0.6) is 0 Å². The minimum atomic E-state index is 0.796. The summed E-state index contributed by atoms with van der Waals surface area (Å²) in [5, 5.41) is 3.51. The third-order valence-corrected chi connectivity index (χ3v) is 3.91. The third-order valence-electron chi connectivity index (χ3n) is 3.91. The Labute approximate surface area is 96.0 Å². The van der Waals surface area contributed by atoms with Crippen molar-refractivity contribution < 1.29 is 0 Å². The summed E-state index contributed by atoms with van der Waals surface area (Å²) in [6, 6.07) is 0.796. The monoisotopic (exact) mass is 211 g/mol. The normalized spacial score (nSPS) is 19.6. The largest absolute Gasteiger partial charge is 0.317 e. The van der Waals surface area contributed by atoms with Crippen molar-refractivity contribution in [2.24, 2.45) is 5.92 Å². The molecule has 1 atom stereocenters. The number of hydrogen-bond acceptors (Lipinski definition) is 1. The molecule has 1 rings (SSSR count). The minimum absolute atomic E-state index is 0.796. The number of unbranched alkanes of at least 4 members (excludes halogenated alkanes) is 3. The smallest absolute Gasteiger partial charge is 0.00667 e. The third kappa shape index (κ3) is 5.55. The van der Waals surface area contributed by atoms with Crippen LogP contribution in [0.25, 0.3) is 0 Å². The lowest BCUT2D eigenvalue weighted by atomic mass is 9.95. The molecular weight excluding hydrogens is 182 g/mol. The lowest BCUT2D eigenvalue weighted by Crippen LogP contribution is -2.27. The van der Waals surface area contributed by atoms with Gasteiger partial charge in [0.1, 0.15) is 0 Å². The van der Waals surface area contributed by atoms with Gasteiger partial charge in [0.15, 0.2) is 0 Å². The van der Waals surface area contributed by atoms with Crippen molar-refractivity contribution in [1.82, 2.24) is 5.32 Å². The Morgan fingerprint density at radius 2 is 1.87 bits per heavy atom. The minimum Gasteiger partial charge on any atom is -0.317 e. The Morgan fingerprint density at radius 1 is 1.13 bits per heavy atom. The van der Waals surface area contributed by atoms with Crippen LogP contribution in [0.15, 0.2) is 0 Å². The summed E-state index contributed by atoms with van der Waals surface area (Å²) < 4.78 is 0. The molecule has 1 aliphatic rings. The Balaban J connectivity index is 2.06. The summed E-state index contributed by atoms with van der Waals surface area (Å²) in [7, 11) is 2.14. The van der Waals surface area contributed by atoms with E-state index in [1.165, 1.54) is 64.2 Å². The van der Waals surface area contributed by atoms with E-state index < -0.39 is 0 Å². The zero-order chi connectivity index (χ0) is 10.9. The fourth-order valence-corrected chi connectivity index (χ4v) is 2.85. The highest BCUT2D eigenvalue weighted by Gasteiger charge is 2.18. The molecule has 0 spiro atoms. The lowest BCUT2D eigenvalue weighted by Gasteiger charge is -2.19. The zero-order valence-corrected chi connectivity index (χ0v) is 10.7. The molecule has 0 radical (unpaired) electrons. The van der Waals surface area contributed by atoms with Gasteiger partial charge in [-0.25, -0.2) is 0 Å². The SMILES string of the molecule is CCCCCCC(CC1CCCC1)NC. The standard InChI is InChI=1S/C14H29N/c1-3-4-5-6-11-14(15-2)12-13-9-7-8-10-13/h13-15H,3-12H2,1-2H3. The molecule has 0 bridgehead atoms. The molecule has 0 aromatic carbocycles. The molecule has 15 heavy (non-hydrogen) atoms. The van der Waals surface area contributed by atoms with Crippen molar-refractivity contribution in [3.05, 3.63) is 0 Å². The molecule has 1 saturated carbocycles. The van der Waals surface area contributed by atoms with E-state index in [4.69, 9.17) is 0 Å². The quantitative estimate of drug-likeness (QED) is 0.595. The maximum absolute atomic E-state index is 3.51. The van der Waals surface area contributed by atoms with Crippen LogP contribution >= 0.6 is 0 Å². The van der Waals surface area contributed by atoms with Gasteiger partial charge in [-0.2, -0.15) is 0 Å². The average molecular weight is 211 g/mol. The van der Waals surface area contributed by atoms with Crippen LogP contribution in [0.2, 0.25) is 0 Å². The summed E-state index contributed by atoms with van der Waals surface area (Å²) in [6.07, 6.45) is 14.4. The van der Waals surface area contributed by atoms with Gasteiger partial charge in [-0.15, -0.1) is 0 Å². The fraction of sp³-hybridized carbons (Fsp3) is 1.00. The van der Waals surface area contributed by atoms with Gasteiger partial charge < -0.3 is 5.32 Å². The zero-order valence-electron chi connectivity index (χ0n) is 10.7. The molecule has 1 heteroatoms. The van der Waals surface area contributed by atoms with E-state index in [1.807, 2.05) is 0 Å². The topological polar surface area (TPSA) is 12.0 Å². The maximum Gasteiger partial charge on any atom is 0.00667 e. The molecule has 1 N–H and O–H groups in total. The summed E-state index contributed by atoms with van der Waals surface area (Å²) in [4.78, 5) is 0. The summed E-state index contributed by atoms with van der Waals surface area (Å²) >= 11 is 0. The summed E-state index contributed by atoms with van der Waals surface area (Å²) in [5.41, 5.74) is 0. The highest BCUT2D eigenvalue weighted by Crippen LogP contribution is 2.29. The first-order chi connectivity index (χ1) is 7.36. The van der Waals surface area contributed by atoms with Gasteiger partial charge in [-0.05, 0) is 25.8 Å². The van der Waals surface area contributed by atoms with Gasteiger partial charge in [-0.1, -0.05) is 58.3 Å². The predicted molar refractivity (Wildman–Crippen MR) is 68.2 cm³/mol. The number of nitrogens with one attached hydrogen (secondary N) is 1. The van der Waals surface area contributed by atoms with Gasteiger partial charge in [-0.3, -0.25) is 0 Å². The molecule has 0 aromatic rings. The Hall–Kier alpha value is -0.0400. The van der Waals surface area contributed by atoms with E-state index in [9.17, 15) is 0 Å². The lowest BCUT2D eigenvalue weighted by molar-refractivity contribution is 0.377. The number of rotatable bonds is 8. The predicted octanol–water partition coefficient (Wildman–Crippen LogP) is 4.13. The van der Waals surface area contributed by atoms with Crippen molar-refractivity contribution in [1.29, 1.82) is 0 Å². The van der Waals surface area contributed by atoms with Crippen molar-refractivity contribution >= 4 is 0 Å². The Morgan fingerprint density at radius 3 is 2.47 bits per heavy atom. The first-order valence-electron chi connectivity index (χ1n) is 7.04. The van der Waals surface area contributed by atoms with Crippen LogP contribution in [0.3, 0.4) is 0 Å². The van der Waals surface area contributed by atoms with E-state index >= 15 is 0 Å². The first-order valence-corrected chi connectivity index (χ1v) is 7.04. The van der Waals surface area contributed by atoms with E-state index in [0.29, 0.717) is 0 Å². The van der Waals surface area contributed by atoms with Crippen LogP contribution < -0.4 is 5.32 Å². The van der Waals surface area contributed by atoms with Crippen molar-refractivity contribution in [2.45, 2.75) is 77.2 Å². The van der Waals surface area contributed by atoms with Crippen molar-refractivity contribution in [2.75, 3.05) is 7.05 Å². The van der Waals surface area contributed by atoms with Crippen LogP contribution in [-0.4, -0.2) is 13.1 Å². The molecule has 0 heterocycles. The number of hydrogen-bond donors (Lipinski definition) is 1. The summed E-state index contributed by atoms with van der Waals surface area (Å²) in [6.45, 7) is 2.29. The van der Waals surface area contributed by atoms with Crippen LogP contribution in [0, 0.1) is 5.92 Å². The van der Waals surface area contributed by atoms with Crippen LogP contribution in [0.1, 0.15) is 71.1 Å². The average Bonchev–Trinajstić information content (AvgIpc) is 2.75. The van der Waals surface area contributed by atoms with E-state index in [0.717, 1.165) is 12.0 Å². The van der Waals surface area contributed by atoms with Crippen molar-refractivity contribution in [3.8, 4) is 0 Å². The molecule has 1 fully saturated rings. The highest BCUT2D eigenvalue weighted by atomic mass is 14.9. The van der Waals surface area contributed by atoms with E-state index in [2.05, 4.69) is 19.3 Å². The van der Waals surface area contributed by atoms with Gasteiger partial charge >= 0.3 is 0 Å². The molecule has 1 aliphatic carbocycles. The van der Waals surface area contributed by atoms with Gasteiger partial charge in [0.05, 0.1) is 0 Å². The van der Waals surface area contributed by atoms with Crippen LogP contribution in [0.4, 0.5) is 0 Å². The summed E-state index contributed by atoms with van der Waals surface area (Å²) in [5.74, 6) is 1.04. The Bertz CT molecular complexity index is 138. The van der Waals surface area contributed by atoms with Crippen LogP contribution in [-0.2, 0) is 0 Å². The van der Waals surface area contributed by atoms with Gasteiger partial charge in [0.2, 0.25) is 0 Å². The second-order valence-corrected chi connectivity index (χ2v) is 5.22. The first kappa shape index (κ1) is 13.0. The molecule has 0 aromatic heterocycles. The van der Waals surface area contributed by atoms with E-state index in [1.54, 1.807) is 0 Å². The van der Waals surface area contributed by atoms with E-state index in [-0.39, 0.29) is 0 Å². The highest BCUT2D eigenvalue weighted by molar-refractivity contribution is 4.74. The molecule has 1 nitrogen and oxygen atoms in total. The maximum atomic E-state index is 3.51. The molecule has 0 aliphatic heterocycles. The van der Waals surface area contributed by atoms with Gasteiger partial charge in [0, 0.05) is 6.04 Å². The Kier molecular flexibility index (Phi) is 7.08. The second kappa shape index (κ2) is 8.15. The van der Waals surface area contributed by atoms with Gasteiger partial charge in [0.25, 0.3) is 0 Å². The molecular formula is C14H29N. The fourth-order valence-electron chi connectivity index (χ4n) is 2.85. The molecule has 0 saturated heterocycles. The molecule has 1 unspecified atom stereocenters. The second-order valence-electron chi connectivity index (χ2n) is 5.22. The molecule has 90 valence electrons. The molecule has 0 amide bonds. The van der Waals surface area contributed by atoms with Crippen molar-refractivity contribution in [3.63, 3.8) is 0 Å².